The molecule has 0 fully saturated rings. The Morgan fingerprint density at radius 1 is 1.19 bits per heavy atom. The van der Waals surface area contributed by atoms with Crippen LogP contribution in [-0.4, -0.2) is 25.5 Å². The number of hydrogen-bond acceptors (Lipinski definition) is 3. The fourth-order valence-corrected chi connectivity index (χ4v) is 3.35. The Morgan fingerprint density at radius 2 is 1.96 bits per heavy atom. The van der Waals surface area contributed by atoms with Crippen LogP contribution in [0.15, 0.2) is 34.9 Å². The van der Waals surface area contributed by atoms with Gasteiger partial charge in [-0.3, -0.25) is 14.2 Å². The number of carbonyl (C=O) groups excluding carboxylic acids is 1. The highest BCUT2D eigenvalue weighted by Gasteiger charge is 2.12. The molecule has 6 nitrogen and oxygen atoms in total. The zero-order chi connectivity index (χ0) is 19.6. The van der Waals surface area contributed by atoms with Crippen molar-refractivity contribution in [3.63, 3.8) is 0 Å². The van der Waals surface area contributed by atoms with Crippen LogP contribution in [0.3, 0.4) is 0 Å². The summed E-state index contributed by atoms with van der Waals surface area (Å²) in [5, 5.41) is 11.8. The molecule has 7 heteroatoms. The zero-order valence-electron chi connectivity index (χ0n) is 16.1. The summed E-state index contributed by atoms with van der Waals surface area (Å²) < 4.78 is 4.90. The van der Waals surface area contributed by atoms with E-state index in [1.54, 1.807) is 0 Å². The fourth-order valence-electron chi connectivity index (χ4n) is 3.07. The lowest BCUT2D eigenvalue weighted by Crippen LogP contribution is -2.23. The van der Waals surface area contributed by atoms with Crippen LogP contribution in [0.5, 0.6) is 0 Å². The Hall–Kier alpha value is -2.41. The smallest absolute Gasteiger partial charge is 0.251 e. The maximum atomic E-state index is 12.6. The van der Waals surface area contributed by atoms with Crippen LogP contribution >= 0.6 is 15.9 Å². The zero-order valence-corrected chi connectivity index (χ0v) is 17.7. The van der Waals surface area contributed by atoms with E-state index in [-0.39, 0.29) is 5.91 Å². The second-order valence-corrected chi connectivity index (χ2v) is 7.39. The minimum absolute atomic E-state index is 0.0879. The van der Waals surface area contributed by atoms with E-state index in [4.69, 9.17) is 0 Å². The molecule has 0 atom stereocenters. The molecule has 0 aliphatic heterocycles. The van der Waals surface area contributed by atoms with E-state index in [2.05, 4.69) is 38.4 Å². The van der Waals surface area contributed by atoms with Gasteiger partial charge in [0.15, 0.2) is 0 Å². The van der Waals surface area contributed by atoms with E-state index < -0.39 is 0 Å². The maximum absolute atomic E-state index is 12.6. The number of hydrogen-bond donors (Lipinski definition) is 1. The van der Waals surface area contributed by atoms with Gasteiger partial charge in [0.05, 0.1) is 28.6 Å². The molecule has 0 unspecified atom stereocenters. The molecular formula is C20H24BrN5O. The molecule has 3 rings (SSSR count). The molecule has 0 spiro atoms. The second-order valence-electron chi connectivity index (χ2n) is 6.60. The number of amides is 1. The third-order valence-corrected chi connectivity index (χ3v) is 5.91. The Morgan fingerprint density at radius 3 is 2.59 bits per heavy atom. The third kappa shape index (κ3) is 4.13. The highest BCUT2D eigenvalue weighted by atomic mass is 79.9. The summed E-state index contributed by atoms with van der Waals surface area (Å²) in [5.41, 5.74) is 5.84. The van der Waals surface area contributed by atoms with Crippen molar-refractivity contribution in [2.45, 2.75) is 47.3 Å². The Balaban J connectivity index is 1.69. The van der Waals surface area contributed by atoms with Gasteiger partial charge in [0.2, 0.25) is 0 Å². The third-order valence-electron chi connectivity index (χ3n) is 4.76. The Kier molecular flexibility index (Phi) is 5.79. The normalized spacial score (nSPS) is 11.0. The molecule has 1 N–H and O–H groups in total. The molecule has 1 aromatic carbocycles. The van der Waals surface area contributed by atoms with E-state index in [1.807, 2.05) is 60.6 Å². The molecule has 0 saturated heterocycles. The molecule has 2 heterocycles. The van der Waals surface area contributed by atoms with Crippen molar-refractivity contribution >= 4 is 21.8 Å². The van der Waals surface area contributed by atoms with Crippen molar-refractivity contribution < 1.29 is 4.79 Å². The van der Waals surface area contributed by atoms with Gasteiger partial charge >= 0.3 is 0 Å². The van der Waals surface area contributed by atoms with Gasteiger partial charge in [-0.15, -0.1) is 0 Å². The van der Waals surface area contributed by atoms with Crippen LogP contribution < -0.4 is 5.32 Å². The van der Waals surface area contributed by atoms with Gasteiger partial charge < -0.3 is 5.32 Å². The second kappa shape index (κ2) is 8.08. The fraction of sp³-hybridized carbons (Fsp3) is 0.350. The number of carbonyl (C=O) groups is 1. The van der Waals surface area contributed by atoms with Crippen molar-refractivity contribution in [3.05, 3.63) is 68.7 Å². The number of aryl methyl sites for hydroxylation is 2. The molecule has 3 aromatic rings. The van der Waals surface area contributed by atoms with Gasteiger partial charge in [-0.2, -0.15) is 10.2 Å². The number of aromatic nitrogens is 4. The molecular weight excluding hydrogens is 406 g/mol. The number of benzene rings is 1. The predicted octanol–water partition coefficient (Wildman–Crippen LogP) is 3.77. The average Bonchev–Trinajstić information content (AvgIpc) is 3.14. The molecule has 0 aliphatic rings. The lowest BCUT2D eigenvalue weighted by molar-refractivity contribution is 0.0950. The quantitative estimate of drug-likeness (QED) is 0.648. The highest BCUT2D eigenvalue weighted by Crippen LogP contribution is 2.21. The first kappa shape index (κ1) is 19.4. The first-order valence-corrected chi connectivity index (χ1v) is 9.78. The Bertz CT molecular complexity index is 973. The van der Waals surface area contributed by atoms with Gasteiger partial charge in [0.1, 0.15) is 0 Å². The molecule has 27 heavy (non-hydrogen) atoms. The summed E-state index contributed by atoms with van der Waals surface area (Å²) in [6, 6.07) is 7.67. The summed E-state index contributed by atoms with van der Waals surface area (Å²) in [5.74, 6) is -0.0879. The van der Waals surface area contributed by atoms with E-state index in [0.29, 0.717) is 18.7 Å². The number of halogens is 1. The lowest BCUT2D eigenvalue weighted by Gasteiger charge is -2.09. The summed E-state index contributed by atoms with van der Waals surface area (Å²) >= 11 is 3.55. The SMILES string of the molecule is CCn1ncc(CNC(=O)c2cccc(Cn3nc(C)c(Br)c3C)c2)c1C. The van der Waals surface area contributed by atoms with Gasteiger partial charge in [-0.25, -0.2) is 0 Å². The summed E-state index contributed by atoms with van der Waals surface area (Å²) in [6.45, 7) is 9.99. The van der Waals surface area contributed by atoms with Crippen molar-refractivity contribution in [1.82, 2.24) is 24.9 Å². The van der Waals surface area contributed by atoms with Crippen LogP contribution in [0.1, 0.15) is 45.5 Å². The summed E-state index contributed by atoms with van der Waals surface area (Å²) in [4.78, 5) is 12.6. The van der Waals surface area contributed by atoms with E-state index in [0.717, 1.165) is 39.2 Å². The minimum Gasteiger partial charge on any atom is -0.348 e. The van der Waals surface area contributed by atoms with E-state index in [9.17, 15) is 4.79 Å². The first-order chi connectivity index (χ1) is 12.9. The molecule has 0 aliphatic carbocycles. The van der Waals surface area contributed by atoms with Crippen molar-refractivity contribution in [3.8, 4) is 0 Å². The maximum Gasteiger partial charge on any atom is 0.251 e. The van der Waals surface area contributed by atoms with Crippen LogP contribution in [-0.2, 0) is 19.6 Å². The molecule has 142 valence electrons. The van der Waals surface area contributed by atoms with Crippen LogP contribution in [0.2, 0.25) is 0 Å². The largest absolute Gasteiger partial charge is 0.348 e. The highest BCUT2D eigenvalue weighted by molar-refractivity contribution is 9.10. The van der Waals surface area contributed by atoms with Crippen molar-refractivity contribution in [2.24, 2.45) is 0 Å². The number of nitrogens with zero attached hydrogens (tertiary/aromatic N) is 4. The number of nitrogens with one attached hydrogen (secondary N) is 1. The topological polar surface area (TPSA) is 64.7 Å². The van der Waals surface area contributed by atoms with Gasteiger partial charge in [-0.05, 0) is 61.3 Å². The number of rotatable bonds is 6. The Labute approximate surface area is 167 Å². The van der Waals surface area contributed by atoms with Gasteiger partial charge in [0, 0.05) is 29.9 Å². The van der Waals surface area contributed by atoms with Crippen LogP contribution in [0, 0.1) is 20.8 Å². The van der Waals surface area contributed by atoms with Crippen molar-refractivity contribution in [1.29, 1.82) is 0 Å². The summed E-state index contributed by atoms with van der Waals surface area (Å²) in [7, 11) is 0. The molecule has 1 amide bonds. The first-order valence-electron chi connectivity index (χ1n) is 8.98. The molecule has 2 aromatic heterocycles. The predicted molar refractivity (Wildman–Crippen MR) is 109 cm³/mol. The van der Waals surface area contributed by atoms with E-state index >= 15 is 0 Å². The molecule has 0 radical (unpaired) electrons. The monoisotopic (exact) mass is 429 g/mol. The van der Waals surface area contributed by atoms with Gasteiger partial charge in [0.25, 0.3) is 5.91 Å². The average molecular weight is 430 g/mol. The van der Waals surface area contributed by atoms with Crippen molar-refractivity contribution in [2.75, 3.05) is 0 Å². The molecule has 0 bridgehead atoms. The molecule has 0 saturated carbocycles. The van der Waals surface area contributed by atoms with Crippen LogP contribution in [0.4, 0.5) is 0 Å². The summed E-state index contributed by atoms with van der Waals surface area (Å²) in [6.07, 6.45) is 1.82. The van der Waals surface area contributed by atoms with Gasteiger partial charge in [-0.1, -0.05) is 12.1 Å². The van der Waals surface area contributed by atoms with E-state index in [1.165, 1.54) is 0 Å². The standard InChI is InChI=1S/C20H24BrN5O/c1-5-25-14(3)18(11-23-25)10-22-20(27)17-8-6-7-16(9-17)12-26-15(4)19(21)13(2)24-26/h6-9,11H,5,10,12H2,1-4H3,(H,22,27). The van der Waals surface area contributed by atoms with Crippen LogP contribution in [0.25, 0.3) is 0 Å². The minimum atomic E-state index is -0.0879. The lowest BCUT2D eigenvalue weighted by atomic mass is 10.1.